The van der Waals surface area contributed by atoms with Crippen molar-refractivity contribution in [2.75, 3.05) is 19.7 Å². The third kappa shape index (κ3) is 7.54. The molecule has 0 spiro atoms. The molecule has 0 amide bonds. The molecule has 0 aliphatic carbocycles. The van der Waals surface area contributed by atoms with Gasteiger partial charge in [0.2, 0.25) is 0 Å². The lowest BCUT2D eigenvalue weighted by molar-refractivity contribution is -0.139. The summed E-state index contributed by atoms with van der Waals surface area (Å²) in [5.41, 5.74) is 18.6. The lowest BCUT2D eigenvalue weighted by Crippen LogP contribution is -2.41. The van der Waals surface area contributed by atoms with E-state index in [2.05, 4.69) is 16.9 Å². The zero-order valence-electron chi connectivity index (χ0n) is 18.6. The molecule has 2 aliphatic heterocycles. The van der Waals surface area contributed by atoms with E-state index >= 15 is 0 Å². The first kappa shape index (κ1) is 24.0. The van der Waals surface area contributed by atoms with Gasteiger partial charge < -0.3 is 26.8 Å². The number of carbonyl (C=O) groups is 1. The van der Waals surface area contributed by atoms with Crippen LogP contribution in [0.25, 0.3) is 0 Å². The number of allylic oxidation sites excluding steroid dienone is 1. The minimum atomic E-state index is -0.247. The summed E-state index contributed by atoms with van der Waals surface area (Å²) < 4.78 is 5.59. The van der Waals surface area contributed by atoms with Gasteiger partial charge in [0.05, 0.1) is 18.2 Å². The van der Waals surface area contributed by atoms with Gasteiger partial charge in [-0.05, 0) is 32.1 Å². The van der Waals surface area contributed by atoms with Gasteiger partial charge >= 0.3 is 5.97 Å². The lowest BCUT2D eigenvalue weighted by atomic mass is 9.96. The van der Waals surface area contributed by atoms with Crippen molar-refractivity contribution in [2.45, 2.75) is 90.0 Å². The van der Waals surface area contributed by atoms with Crippen LogP contribution in [0.4, 0.5) is 0 Å². The van der Waals surface area contributed by atoms with Crippen molar-refractivity contribution in [3.8, 4) is 0 Å². The van der Waals surface area contributed by atoms with Crippen LogP contribution in [0, 0.1) is 0 Å². The largest absolute Gasteiger partial charge is 0.462 e. The van der Waals surface area contributed by atoms with Crippen LogP contribution in [0.5, 0.6) is 0 Å². The molecule has 6 N–H and O–H groups in total. The van der Waals surface area contributed by atoms with Gasteiger partial charge in [-0.2, -0.15) is 0 Å². The van der Waals surface area contributed by atoms with E-state index in [9.17, 15) is 4.79 Å². The quantitative estimate of drug-likeness (QED) is 0.171. The summed E-state index contributed by atoms with van der Waals surface area (Å²) in [6.07, 6.45) is 12.8. The molecule has 8 heteroatoms. The highest BCUT2D eigenvalue weighted by atomic mass is 16.5. The summed E-state index contributed by atoms with van der Waals surface area (Å²) >= 11 is 0. The second-order valence-electron chi connectivity index (χ2n) is 8.18. The highest BCUT2D eigenvalue weighted by Crippen LogP contribution is 2.33. The van der Waals surface area contributed by atoms with Crippen LogP contribution in [0.2, 0.25) is 0 Å². The van der Waals surface area contributed by atoms with Crippen molar-refractivity contribution in [1.29, 1.82) is 0 Å². The van der Waals surface area contributed by atoms with Crippen LogP contribution in [-0.4, -0.2) is 48.5 Å². The number of ether oxygens (including phenoxy) is 1. The zero-order valence-corrected chi connectivity index (χ0v) is 18.6. The van der Waals surface area contributed by atoms with E-state index in [4.69, 9.17) is 21.9 Å². The molecule has 1 atom stereocenters. The zero-order chi connectivity index (χ0) is 21.8. The van der Waals surface area contributed by atoms with E-state index in [0.29, 0.717) is 19.1 Å². The molecule has 30 heavy (non-hydrogen) atoms. The molecule has 0 saturated carbocycles. The Bertz CT molecular complexity index is 640. The Morgan fingerprint density at radius 2 is 1.87 bits per heavy atom. The van der Waals surface area contributed by atoms with Crippen molar-refractivity contribution in [3.63, 3.8) is 0 Å². The van der Waals surface area contributed by atoms with Gasteiger partial charge in [-0.1, -0.05) is 51.9 Å². The molecule has 0 aromatic carbocycles. The smallest absolute Gasteiger partial charge is 0.337 e. The first-order valence-corrected chi connectivity index (χ1v) is 11.6. The maximum absolute atomic E-state index is 12.9. The minimum absolute atomic E-state index is 0.0890. The highest BCUT2D eigenvalue weighted by Gasteiger charge is 2.35. The molecule has 0 radical (unpaired) electrons. The van der Waals surface area contributed by atoms with E-state index in [1.165, 1.54) is 38.5 Å². The monoisotopic (exact) mass is 420 g/mol. The van der Waals surface area contributed by atoms with Gasteiger partial charge in [0.25, 0.3) is 0 Å². The molecular formula is C22H40N6O2. The molecule has 8 nitrogen and oxygen atoms in total. The molecule has 0 bridgehead atoms. The number of nitrogens with zero attached hydrogens (tertiary/aromatic N) is 3. The van der Waals surface area contributed by atoms with Crippen molar-refractivity contribution in [1.82, 2.24) is 4.90 Å². The molecular weight excluding hydrogens is 380 g/mol. The van der Waals surface area contributed by atoms with Crippen LogP contribution in [0.15, 0.2) is 21.3 Å². The third-order valence-electron chi connectivity index (χ3n) is 5.71. The molecule has 0 unspecified atom stereocenters. The number of fused-ring (bicyclic) bond motifs is 1. The van der Waals surface area contributed by atoms with Gasteiger partial charge in [0.1, 0.15) is 0 Å². The predicted molar refractivity (Wildman–Crippen MR) is 122 cm³/mol. The van der Waals surface area contributed by atoms with Gasteiger partial charge in [0.15, 0.2) is 11.9 Å². The number of nitrogens with two attached hydrogens (primary N) is 3. The van der Waals surface area contributed by atoms with E-state index in [1.807, 2.05) is 4.90 Å². The number of guanidine groups is 2. The third-order valence-corrected chi connectivity index (χ3v) is 5.71. The van der Waals surface area contributed by atoms with Crippen molar-refractivity contribution < 1.29 is 9.53 Å². The Hall–Kier alpha value is -2.25. The van der Waals surface area contributed by atoms with Crippen molar-refractivity contribution in [2.24, 2.45) is 27.2 Å². The fourth-order valence-electron chi connectivity index (χ4n) is 4.12. The number of rotatable bonds is 14. The highest BCUT2D eigenvalue weighted by molar-refractivity contribution is 5.95. The molecule has 2 rings (SSSR count). The Balaban J connectivity index is 1.87. The normalized spacial score (nSPS) is 18.2. The standard InChI is InChI=1S/C22H40N6O2/c1-2-3-4-5-6-7-8-12-17-19(18-13-11-15-28(18)22(25)27-17)20(29)30-16-10-9-14-26-21(23)24/h17H,2-16H2,1H3,(H2,25,27)(H4,23,24,26)/t17-/m1/s1. The first-order chi connectivity index (χ1) is 14.5. The summed E-state index contributed by atoms with van der Waals surface area (Å²) in [5, 5.41) is 0. The summed E-state index contributed by atoms with van der Waals surface area (Å²) in [6, 6.07) is -0.181. The summed E-state index contributed by atoms with van der Waals surface area (Å²) in [7, 11) is 0. The van der Waals surface area contributed by atoms with Gasteiger partial charge in [-0.25, -0.2) is 9.79 Å². The second-order valence-corrected chi connectivity index (χ2v) is 8.18. The van der Waals surface area contributed by atoms with Gasteiger partial charge in [-0.3, -0.25) is 4.99 Å². The maximum atomic E-state index is 12.9. The fraction of sp³-hybridized carbons (Fsp3) is 0.773. The number of unbranched alkanes of at least 4 members (excludes halogenated alkanes) is 7. The average molecular weight is 421 g/mol. The summed E-state index contributed by atoms with van der Waals surface area (Å²) in [6.45, 7) is 3.96. The molecule has 1 fully saturated rings. The minimum Gasteiger partial charge on any atom is -0.462 e. The van der Waals surface area contributed by atoms with E-state index < -0.39 is 0 Å². The van der Waals surface area contributed by atoms with Crippen LogP contribution in [0.3, 0.4) is 0 Å². The van der Waals surface area contributed by atoms with E-state index in [-0.39, 0.29) is 18.0 Å². The number of esters is 1. The summed E-state index contributed by atoms with van der Waals surface area (Å²) in [5.74, 6) is 0.387. The molecule has 2 aliphatic rings. The molecule has 1 saturated heterocycles. The van der Waals surface area contributed by atoms with Crippen LogP contribution < -0.4 is 17.2 Å². The fourth-order valence-corrected chi connectivity index (χ4v) is 4.12. The Kier molecular flexibility index (Phi) is 10.5. The summed E-state index contributed by atoms with van der Waals surface area (Å²) in [4.78, 5) is 23.5. The second kappa shape index (κ2) is 13.1. The topological polar surface area (TPSA) is 132 Å². The number of hydrogen-bond donors (Lipinski definition) is 3. The first-order valence-electron chi connectivity index (χ1n) is 11.6. The predicted octanol–water partition coefficient (Wildman–Crippen LogP) is 2.77. The number of hydrogen-bond acceptors (Lipinski definition) is 6. The Morgan fingerprint density at radius 3 is 2.60 bits per heavy atom. The molecule has 0 aromatic rings. The maximum Gasteiger partial charge on any atom is 0.337 e. The van der Waals surface area contributed by atoms with Crippen LogP contribution in [0.1, 0.15) is 84.0 Å². The number of aliphatic imine (C=N–C) groups is 2. The Morgan fingerprint density at radius 1 is 1.13 bits per heavy atom. The Labute approximate surface area is 181 Å². The van der Waals surface area contributed by atoms with E-state index in [0.717, 1.165) is 56.3 Å². The van der Waals surface area contributed by atoms with Crippen LogP contribution in [-0.2, 0) is 9.53 Å². The van der Waals surface area contributed by atoms with Crippen molar-refractivity contribution >= 4 is 17.9 Å². The van der Waals surface area contributed by atoms with Gasteiger partial charge in [0, 0.05) is 18.8 Å². The molecule has 2 heterocycles. The molecule has 0 aromatic heterocycles. The SMILES string of the molecule is CCCCCCCCC[C@H]1N=C(N)N2CCCC2=C1C(=O)OCCCCN=C(N)N. The molecule has 170 valence electrons. The average Bonchev–Trinajstić information content (AvgIpc) is 3.20. The number of carbonyl (C=O) groups excluding carboxylic acids is 1. The van der Waals surface area contributed by atoms with Crippen molar-refractivity contribution in [3.05, 3.63) is 11.3 Å². The lowest BCUT2D eigenvalue weighted by Gasteiger charge is -2.30. The van der Waals surface area contributed by atoms with Crippen LogP contribution >= 0.6 is 0 Å². The van der Waals surface area contributed by atoms with E-state index in [1.54, 1.807) is 0 Å². The van der Waals surface area contributed by atoms with Gasteiger partial charge in [-0.15, -0.1) is 0 Å².